The minimum atomic E-state index is -0.116. The lowest BCUT2D eigenvalue weighted by Gasteiger charge is -2.30. The molecule has 2 heterocycles. The van der Waals surface area contributed by atoms with Crippen LogP contribution in [0.3, 0.4) is 0 Å². The summed E-state index contributed by atoms with van der Waals surface area (Å²) in [6, 6.07) is 0.453. The molecule has 0 spiro atoms. The summed E-state index contributed by atoms with van der Waals surface area (Å²) in [6.45, 7) is 1.60. The van der Waals surface area contributed by atoms with Crippen LogP contribution >= 0.6 is 22.9 Å². The number of anilines is 1. The van der Waals surface area contributed by atoms with Crippen LogP contribution in [0.2, 0.25) is 0 Å². The first-order valence-electron chi connectivity index (χ1n) is 5.57. The maximum absolute atomic E-state index is 11.4. The molecule has 17 heavy (non-hydrogen) atoms. The number of carbonyl (C=O) groups is 1. The van der Waals surface area contributed by atoms with Gasteiger partial charge in [0.25, 0.3) is 0 Å². The molecule has 1 aromatic heterocycles. The van der Waals surface area contributed by atoms with Gasteiger partial charge in [-0.25, -0.2) is 4.98 Å². The Morgan fingerprint density at radius 3 is 3.00 bits per heavy atom. The lowest BCUT2D eigenvalue weighted by Crippen LogP contribution is -2.36. The van der Waals surface area contributed by atoms with Gasteiger partial charge in [-0.3, -0.25) is 4.79 Å². The molecule has 1 aliphatic rings. The van der Waals surface area contributed by atoms with Crippen molar-refractivity contribution in [3.63, 3.8) is 0 Å². The molecule has 1 aliphatic heterocycles. The molecular formula is C11H15ClN2O2S. The van der Waals surface area contributed by atoms with Gasteiger partial charge in [0.1, 0.15) is 5.69 Å². The third kappa shape index (κ3) is 2.97. The van der Waals surface area contributed by atoms with Crippen molar-refractivity contribution in [3.8, 4) is 0 Å². The Kier molecular flexibility index (Phi) is 4.36. The third-order valence-corrected chi connectivity index (χ3v) is 4.11. The van der Waals surface area contributed by atoms with Crippen LogP contribution in [0.25, 0.3) is 0 Å². The summed E-state index contributed by atoms with van der Waals surface area (Å²) in [5.41, 5.74) is 0.471. The number of thiazole rings is 1. The molecule has 0 N–H and O–H groups in total. The van der Waals surface area contributed by atoms with Gasteiger partial charge >= 0.3 is 0 Å². The van der Waals surface area contributed by atoms with E-state index in [0.29, 0.717) is 11.7 Å². The fraction of sp³-hybridized carbons (Fsp3) is 0.636. The summed E-state index contributed by atoms with van der Waals surface area (Å²) in [5.74, 6) is -0.126. The second kappa shape index (κ2) is 5.80. The van der Waals surface area contributed by atoms with Crippen molar-refractivity contribution >= 4 is 33.9 Å². The maximum Gasteiger partial charge on any atom is 0.196 e. The topological polar surface area (TPSA) is 42.4 Å². The van der Waals surface area contributed by atoms with Crippen LogP contribution in [0.15, 0.2) is 5.38 Å². The maximum atomic E-state index is 11.4. The number of halogens is 1. The van der Waals surface area contributed by atoms with Crippen molar-refractivity contribution in [3.05, 3.63) is 11.1 Å². The van der Waals surface area contributed by atoms with Crippen LogP contribution in [0.1, 0.15) is 23.3 Å². The van der Waals surface area contributed by atoms with Crippen molar-refractivity contribution in [1.29, 1.82) is 0 Å². The number of hydrogen-bond acceptors (Lipinski definition) is 5. The van der Waals surface area contributed by atoms with Crippen molar-refractivity contribution in [2.24, 2.45) is 0 Å². The molecule has 94 valence electrons. The van der Waals surface area contributed by atoms with Gasteiger partial charge in [0.15, 0.2) is 10.9 Å². The summed E-state index contributed by atoms with van der Waals surface area (Å²) >= 11 is 7.00. The number of hydrogen-bond donors (Lipinski definition) is 0. The molecule has 1 fully saturated rings. The lowest BCUT2D eigenvalue weighted by molar-refractivity contribution is 0.0854. The second-order valence-electron chi connectivity index (χ2n) is 4.03. The van der Waals surface area contributed by atoms with E-state index in [4.69, 9.17) is 16.3 Å². The number of Topliss-reactive ketones (excluding diaryl/α,β-unsaturated/α-hetero) is 1. The SMILES string of the molecule is CN(c1nc(C(=O)CCl)cs1)C1CCOCC1. The lowest BCUT2D eigenvalue weighted by atomic mass is 10.1. The molecule has 0 bridgehead atoms. The number of ketones is 1. The monoisotopic (exact) mass is 274 g/mol. The number of carbonyl (C=O) groups excluding carboxylic acids is 1. The molecule has 6 heteroatoms. The molecule has 0 aliphatic carbocycles. The van der Waals surface area contributed by atoms with Gasteiger partial charge in [-0.15, -0.1) is 22.9 Å². The predicted molar refractivity (Wildman–Crippen MR) is 69.4 cm³/mol. The highest BCUT2D eigenvalue weighted by molar-refractivity contribution is 7.14. The van der Waals surface area contributed by atoms with Gasteiger partial charge in [-0.2, -0.15) is 0 Å². The Morgan fingerprint density at radius 2 is 2.35 bits per heavy atom. The number of nitrogens with zero attached hydrogens (tertiary/aromatic N) is 2. The fourth-order valence-electron chi connectivity index (χ4n) is 1.85. The number of ether oxygens (including phenoxy) is 1. The number of alkyl halides is 1. The molecular weight excluding hydrogens is 260 g/mol. The Balaban J connectivity index is 2.05. The molecule has 0 radical (unpaired) electrons. The van der Waals surface area contributed by atoms with E-state index in [0.717, 1.165) is 31.2 Å². The van der Waals surface area contributed by atoms with Crippen LogP contribution in [0.5, 0.6) is 0 Å². The first-order valence-corrected chi connectivity index (χ1v) is 6.99. The smallest absolute Gasteiger partial charge is 0.196 e. The minimum absolute atomic E-state index is 0.00977. The minimum Gasteiger partial charge on any atom is -0.381 e. The van der Waals surface area contributed by atoms with E-state index in [1.807, 2.05) is 7.05 Å². The predicted octanol–water partition coefficient (Wildman–Crippen LogP) is 2.18. The number of aromatic nitrogens is 1. The molecule has 0 saturated carbocycles. The normalized spacial score (nSPS) is 17.1. The van der Waals surface area contributed by atoms with Crippen molar-refractivity contribution in [2.75, 3.05) is 31.0 Å². The Morgan fingerprint density at radius 1 is 1.65 bits per heavy atom. The van der Waals surface area contributed by atoms with E-state index in [2.05, 4.69) is 9.88 Å². The molecule has 1 aromatic rings. The summed E-state index contributed by atoms with van der Waals surface area (Å²) in [7, 11) is 2.02. The quantitative estimate of drug-likeness (QED) is 0.623. The van der Waals surface area contributed by atoms with Gasteiger partial charge in [-0.05, 0) is 12.8 Å². The summed E-state index contributed by atoms with van der Waals surface area (Å²) in [4.78, 5) is 17.9. The zero-order valence-electron chi connectivity index (χ0n) is 9.69. The second-order valence-corrected chi connectivity index (χ2v) is 5.13. The average molecular weight is 275 g/mol. The molecule has 0 aromatic carbocycles. The van der Waals surface area contributed by atoms with Gasteiger partial charge in [0, 0.05) is 31.7 Å². The summed E-state index contributed by atoms with van der Waals surface area (Å²) < 4.78 is 5.33. The van der Waals surface area contributed by atoms with Gasteiger partial charge in [-0.1, -0.05) is 0 Å². The molecule has 4 nitrogen and oxygen atoms in total. The van der Waals surface area contributed by atoms with Crippen LogP contribution < -0.4 is 4.90 Å². The van der Waals surface area contributed by atoms with Gasteiger partial charge in [0.2, 0.25) is 0 Å². The highest BCUT2D eigenvalue weighted by Crippen LogP contribution is 2.25. The zero-order valence-corrected chi connectivity index (χ0v) is 11.3. The standard InChI is InChI=1S/C11H15ClN2O2S/c1-14(8-2-4-16-5-3-8)11-13-9(7-17-11)10(15)6-12/h7-8H,2-6H2,1H3. The highest BCUT2D eigenvalue weighted by Gasteiger charge is 2.21. The van der Waals surface area contributed by atoms with Gasteiger partial charge in [0.05, 0.1) is 5.88 Å². The van der Waals surface area contributed by atoms with Crippen molar-refractivity contribution in [1.82, 2.24) is 4.98 Å². The van der Waals surface area contributed by atoms with Crippen LogP contribution in [0, 0.1) is 0 Å². The van der Waals surface area contributed by atoms with Crippen molar-refractivity contribution < 1.29 is 9.53 Å². The van der Waals surface area contributed by atoms with Crippen LogP contribution in [-0.4, -0.2) is 43.0 Å². The number of rotatable bonds is 4. The van der Waals surface area contributed by atoms with E-state index >= 15 is 0 Å². The summed E-state index contributed by atoms with van der Waals surface area (Å²) in [6.07, 6.45) is 2.02. The van der Waals surface area contributed by atoms with E-state index < -0.39 is 0 Å². The molecule has 0 atom stereocenters. The first-order chi connectivity index (χ1) is 8.22. The Bertz CT molecular complexity index is 391. The van der Waals surface area contributed by atoms with E-state index in [-0.39, 0.29) is 11.7 Å². The molecule has 0 amide bonds. The summed E-state index contributed by atoms with van der Waals surface area (Å²) in [5, 5.41) is 2.65. The third-order valence-electron chi connectivity index (χ3n) is 2.94. The Hall–Kier alpha value is -0.650. The largest absolute Gasteiger partial charge is 0.381 e. The van der Waals surface area contributed by atoms with E-state index in [9.17, 15) is 4.79 Å². The van der Waals surface area contributed by atoms with E-state index in [1.165, 1.54) is 11.3 Å². The molecule has 0 unspecified atom stereocenters. The van der Waals surface area contributed by atoms with Crippen LogP contribution in [0.4, 0.5) is 5.13 Å². The molecule has 1 saturated heterocycles. The average Bonchev–Trinajstić information content (AvgIpc) is 2.87. The van der Waals surface area contributed by atoms with Crippen LogP contribution in [-0.2, 0) is 4.74 Å². The van der Waals surface area contributed by atoms with E-state index in [1.54, 1.807) is 5.38 Å². The van der Waals surface area contributed by atoms with Gasteiger partial charge < -0.3 is 9.64 Å². The highest BCUT2D eigenvalue weighted by atomic mass is 35.5. The zero-order chi connectivity index (χ0) is 12.3. The Labute approximate surface area is 110 Å². The van der Waals surface area contributed by atoms with Crippen molar-refractivity contribution in [2.45, 2.75) is 18.9 Å². The molecule has 2 rings (SSSR count). The fourth-order valence-corrected chi connectivity index (χ4v) is 2.86. The first kappa shape index (κ1) is 12.8.